The SMILES string of the molecule is CNC(c1ccc(Br)s1)C1CCC(=O)CC1. The first-order chi connectivity index (χ1) is 7.70. The first-order valence-corrected chi connectivity index (χ1v) is 7.26. The Morgan fingerprint density at radius 3 is 2.62 bits per heavy atom. The Balaban J connectivity index is 2.07. The largest absolute Gasteiger partial charge is 0.312 e. The van der Waals surface area contributed by atoms with Gasteiger partial charge >= 0.3 is 0 Å². The van der Waals surface area contributed by atoms with Crippen LogP contribution in [0.4, 0.5) is 0 Å². The third kappa shape index (κ3) is 2.73. The van der Waals surface area contributed by atoms with Gasteiger partial charge in [0.2, 0.25) is 0 Å². The van der Waals surface area contributed by atoms with E-state index >= 15 is 0 Å². The molecule has 0 spiro atoms. The lowest BCUT2D eigenvalue weighted by atomic mass is 9.83. The summed E-state index contributed by atoms with van der Waals surface area (Å²) in [7, 11) is 2.01. The summed E-state index contributed by atoms with van der Waals surface area (Å²) >= 11 is 5.28. The number of nitrogens with one attached hydrogen (secondary N) is 1. The maximum atomic E-state index is 11.2. The molecule has 0 aliphatic heterocycles. The van der Waals surface area contributed by atoms with Gasteiger partial charge < -0.3 is 5.32 Å². The molecule has 1 aromatic heterocycles. The Morgan fingerprint density at radius 1 is 1.44 bits per heavy atom. The van der Waals surface area contributed by atoms with Crippen LogP contribution in [-0.2, 0) is 4.79 Å². The molecule has 4 heteroatoms. The zero-order chi connectivity index (χ0) is 11.5. The lowest BCUT2D eigenvalue weighted by Gasteiger charge is -2.28. The molecule has 1 aliphatic rings. The molecular weight excluding hydrogens is 286 g/mol. The molecule has 0 saturated heterocycles. The van der Waals surface area contributed by atoms with E-state index in [2.05, 4.69) is 33.4 Å². The minimum absolute atomic E-state index is 0.407. The molecule has 16 heavy (non-hydrogen) atoms. The normalized spacial score (nSPS) is 20.0. The molecule has 1 aliphatic carbocycles. The van der Waals surface area contributed by atoms with E-state index in [-0.39, 0.29) is 0 Å². The molecule has 88 valence electrons. The molecule has 1 heterocycles. The average Bonchev–Trinajstić information content (AvgIpc) is 2.69. The molecule has 0 amide bonds. The number of hydrogen-bond donors (Lipinski definition) is 1. The summed E-state index contributed by atoms with van der Waals surface area (Å²) in [4.78, 5) is 12.6. The summed E-state index contributed by atoms with van der Waals surface area (Å²) < 4.78 is 1.18. The molecule has 2 rings (SSSR count). The fourth-order valence-electron chi connectivity index (χ4n) is 2.40. The summed E-state index contributed by atoms with van der Waals surface area (Å²) in [6.45, 7) is 0. The second kappa shape index (κ2) is 5.43. The highest BCUT2D eigenvalue weighted by atomic mass is 79.9. The topological polar surface area (TPSA) is 29.1 Å². The quantitative estimate of drug-likeness (QED) is 0.925. The highest BCUT2D eigenvalue weighted by Crippen LogP contribution is 2.37. The monoisotopic (exact) mass is 301 g/mol. The van der Waals surface area contributed by atoms with Gasteiger partial charge in [0.15, 0.2) is 0 Å². The Kier molecular flexibility index (Phi) is 4.16. The van der Waals surface area contributed by atoms with E-state index in [9.17, 15) is 4.79 Å². The van der Waals surface area contributed by atoms with Crippen LogP contribution < -0.4 is 5.32 Å². The average molecular weight is 302 g/mol. The number of ketones is 1. The van der Waals surface area contributed by atoms with E-state index < -0.39 is 0 Å². The summed E-state index contributed by atoms with van der Waals surface area (Å²) in [5.41, 5.74) is 0. The molecule has 0 bridgehead atoms. The van der Waals surface area contributed by atoms with E-state index in [1.54, 1.807) is 11.3 Å². The maximum Gasteiger partial charge on any atom is 0.132 e. The highest BCUT2D eigenvalue weighted by Gasteiger charge is 2.27. The molecule has 2 nitrogen and oxygen atoms in total. The van der Waals surface area contributed by atoms with Gasteiger partial charge in [-0.05, 0) is 53.9 Å². The van der Waals surface area contributed by atoms with E-state index in [0.717, 1.165) is 25.7 Å². The Labute approximate surface area is 109 Å². The molecule has 1 saturated carbocycles. The third-order valence-electron chi connectivity index (χ3n) is 3.27. The molecule has 1 aromatic rings. The van der Waals surface area contributed by atoms with Crippen molar-refractivity contribution in [3.8, 4) is 0 Å². The molecule has 0 aromatic carbocycles. The lowest BCUT2D eigenvalue weighted by Crippen LogP contribution is -2.28. The van der Waals surface area contributed by atoms with Crippen LogP contribution in [-0.4, -0.2) is 12.8 Å². The highest BCUT2D eigenvalue weighted by molar-refractivity contribution is 9.11. The Bertz CT molecular complexity index is 367. The van der Waals surface area contributed by atoms with Crippen LogP contribution in [0.2, 0.25) is 0 Å². The van der Waals surface area contributed by atoms with Gasteiger partial charge in [0.05, 0.1) is 3.79 Å². The maximum absolute atomic E-state index is 11.2. The number of carbonyl (C=O) groups excluding carboxylic acids is 1. The predicted octanol–water partition coefficient (Wildman–Crippen LogP) is 3.53. The summed E-state index contributed by atoms with van der Waals surface area (Å²) in [6, 6.07) is 4.68. The molecular formula is C12H16BrNOS. The van der Waals surface area contributed by atoms with Crippen molar-refractivity contribution >= 4 is 33.0 Å². The van der Waals surface area contributed by atoms with Gasteiger partial charge in [-0.3, -0.25) is 4.79 Å². The number of Topliss-reactive ketones (excluding diaryl/α,β-unsaturated/α-hetero) is 1. The zero-order valence-corrected chi connectivity index (χ0v) is 11.7. The number of carbonyl (C=O) groups is 1. The molecule has 1 N–H and O–H groups in total. The zero-order valence-electron chi connectivity index (χ0n) is 9.33. The lowest BCUT2D eigenvalue weighted by molar-refractivity contribution is -0.121. The van der Waals surface area contributed by atoms with Crippen molar-refractivity contribution in [2.75, 3.05) is 7.05 Å². The van der Waals surface area contributed by atoms with E-state index in [0.29, 0.717) is 17.7 Å². The summed E-state index contributed by atoms with van der Waals surface area (Å²) in [5.74, 6) is 1.03. The Hall–Kier alpha value is -0.190. The van der Waals surface area contributed by atoms with Crippen LogP contribution in [0, 0.1) is 5.92 Å². The second-order valence-electron chi connectivity index (χ2n) is 4.28. The molecule has 1 unspecified atom stereocenters. The van der Waals surface area contributed by atoms with Gasteiger partial charge in [-0.25, -0.2) is 0 Å². The predicted molar refractivity (Wildman–Crippen MR) is 70.8 cm³/mol. The van der Waals surface area contributed by atoms with Crippen LogP contribution in [0.25, 0.3) is 0 Å². The number of thiophene rings is 1. The van der Waals surface area contributed by atoms with Crippen molar-refractivity contribution in [1.29, 1.82) is 0 Å². The fraction of sp³-hybridized carbons (Fsp3) is 0.583. The fourth-order valence-corrected chi connectivity index (χ4v) is 4.03. The van der Waals surface area contributed by atoms with Crippen molar-refractivity contribution in [2.45, 2.75) is 31.7 Å². The van der Waals surface area contributed by atoms with E-state index in [1.165, 1.54) is 8.66 Å². The first kappa shape index (κ1) is 12.3. The summed E-state index contributed by atoms with van der Waals surface area (Å²) in [6.07, 6.45) is 3.57. The van der Waals surface area contributed by atoms with Gasteiger partial charge in [-0.15, -0.1) is 11.3 Å². The number of halogens is 1. The molecule has 0 radical (unpaired) electrons. The van der Waals surface area contributed by atoms with Crippen molar-refractivity contribution in [2.24, 2.45) is 5.92 Å². The Morgan fingerprint density at radius 2 is 2.12 bits per heavy atom. The minimum Gasteiger partial charge on any atom is -0.312 e. The number of hydrogen-bond acceptors (Lipinski definition) is 3. The number of rotatable bonds is 3. The molecule has 1 fully saturated rings. The third-order valence-corrected chi connectivity index (χ3v) is 4.98. The standard InChI is InChI=1S/C12H16BrNOS/c1-14-12(10-6-7-11(13)16-10)8-2-4-9(15)5-3-8/h6-8,12,14H,2-5H2,1H3. The first-order valence-electron chi connectivity index (χ1n) is 5.65. The van der Waals surface area contributed by atoms with E-state index in [1.807, 2.05) is 7.05 Å². The smallest absolute Gasteiger partial charge is 0.132 e. The van der Waals surface area contributed by atoms with Gasteiger partial charge in [0.1, 0.15) is 5.78 Å². The van der Waals surface area contributed by atoms with Crippen molar-refractivity contribution in [3.63, 3.8) is 0 Å². The van der Waals surface area contributed by atoms with Crippen LogP contribution in [0.1, 0.15) is 36.6 Å². The van der Waals surface area contributed by atoms with E-state index in [4.69, 9.17) is 0 Å². The van der Waals surface area contributed by atoms with Crippen LogP contribution >= 0.6 is 27.3 Å². The van der Waals surface area contributed by atoms with Crippen LogP contribution in [0.5, 0.6) is 0 Å². The van der Waals surface area contributed by atoms with Crippen molar-refractivity contribution < 1.29 is 4.79 Å². The van der Waals surface area contributed by atoms with Crippen molar-refractivity contribution in [3.05, 3.63) is 20.8 Å². The van der Waals surface area contributed by atoms with Gasteiger partial charge in [-0.2, -0.15) is 0 Å². The van der Waals surface area contributed by atoms with Crippen molar-refractivity contribution in [1.82, 2.24) is 5.32 Å². The van der Waals surface area contributed by atoms with Gasteiger partial charge in [0.25, 0.3) is 0 Å². The van der Waals surface area contributed by atoms with Gasteiger partial charge in [-0.1, -0.05) is 0 Å². The molecule has 1 atom stereocenters. The second-order valence-corrected chi connectivity index (χ2v) is 6.78. The summed E-state index contributed by atoms with van der Waals surface area (Å²) in [5, 5.41) is 3.39. The van der Waals surface area contributed by atoms with Crippen LogP contribution in [0.3, 0.4) is 0 Å². The van der Waals surface area contributed by atoms with Crippen LogP contribution in [0.15, 0.2) is 15.9 Å². The van der Waals surface area contributed by atoms with Gasteiger partial charge in [0, 0.05) is 23.8 Å². The minimum atomic E-state index is 0.407.